The second kappa shape index (κ2) is 9.76. The molecule has 2 amide bonds. The van der Waals surface area contributed by atoms with Crippen molar-refractivity contribution in [1.29, 1.82) is 0 Å². The van der Waals surface area contributed by atoms with Crippen molar-refractivity contribution in [2.24, 2.45) is 0 Å². The first-order valence-electron chi connectivity index (χ1n) is 7.57. The van der Waals surface area contributed by atoms with Crippen LogP contribution in [0.1, 0.15) is 20.7 Å². The van der Waals surface area contributed by atoms with Gasteiger partial charge in [0.25, 0.3) is 11.8 Å². The number of para-hydroxylation sites is 1. The Morgan fingerprint density at radius 2 is 1.56 bits per heavy atom. The number of rotatable bonds is 6. The highest BCUT2D eigenvalue weighted by Crippen LogP contribution is 2.17. The average molecular weight is 366 g/mol. The van der Waals surface area contributed by atoms with Gasteiger partial charge in [-0.2, -0.15) is 0 Å². The quantitative estimate of drug-likeness (QED) is 0.827. The van der Waals surface area contributed by atoms with Gasteiger partial charge in [0.15, 0.2) is 0 Å². The van der Waals surface area contributed by atoms with Crippen molar-refractivity contribution in [3.8, 4) is 0 Å². The molecule has 25 heavy (non-hydrogen) atoms. The number of hydrogen-bond donors (Lipinski definition) is 2. The number of likely N-dealkylation sites (N-methyl/N-ethyl adjacent to an activating group) is 1. The molecule has 2 aromatic carbocycles. The maximum absolute atomic E-state index is 13.7. The van der Waals surface area contributed by atoms with E-state index in [1.54, 1.807) is 30.3 Å². The van der Waals surface area contributed by atoms with E-state index in [9.17, 15) is 14.0 Å². The van der Waals surface area contributed by atoms with Crippen molar-refractivity contribution >= 4 is 29.9 Å². The fourth-order valence-corrected chi connectivity index (χ4v) is 2.11. The third-order valence-corrected chi connectivity index (χ3v) is 3.38. The monoisotopic (exact) mass is 365 g/mol. The third kappa shape index (κ3) is 5.85. The molecule has 7 heteroatoms. The van der Waals surface area contributed by atoms with Crippen LogP contribution in [0.15, 0.2) is 48.5 Å². The maximum Gasteiger partial charge on any atom is 0.258 e. The van der Waals surface area contributed by atoms with Crippen LogP contribution in [0.2, 0.25) is 0 Å². The average Bonchev–Trinajstić information content (AvgIpc) is 2.55. The molecule has 0 fully saturated rings. The van der Waals surface area contributed by atoms with E-state index < -0.39 is 11.7 Å². The van der Waals surface area contributed by atoms with Crippen molar-refractivity contribution < 1.29 is 14.0 Å². The lowest BCUT2D eigenvalue weighted by atomic mass is 10.1. The molecular weight excluding hydrogens is 345 g/mol. The molecule has 0 radical (unpaired) electrons. The van der Waals surface area contributed by atoms with Crippen LogP contribution in [0.4, 0.5) is 10.1 Å². The lowest BCUT2D eigenvalue weighted by Gasteiger charge is -2.13. The van der Waals surface area contributed by atoms with E-state index in [0.29, 0.717) is 24.3 Å². The van der Waals surface area contributed by atoms with Gasteiger partial charge in [0.2, 0.25) is 0 Å². The number of amides is 2. The number of carbonyl (C=O) groups is 2. The molecule has 0 aliphatic rings. The van der Waals surface area contributed by atoms with E-state index in [4.69, 9.17) is 0 Å². The molecule has 2 rings (SSSR count). The number of halogens is 2. The molecule has 0 spiro atoms. The van der Waals surface area contributed by atoms with Crippen molar-refractivity contribution in [2.75, 3.05) is 32.5 Å². The summed E-state index contributed by atoms with van der Waals surface area (Å²) in [6, 6.07) is 12.3. The minimum absolute atomic E-state index is 0. The summed E-state index contributed by atoms with van der Waals surface area (Å²) in [6.45, 7) is 1.19. The van der Waals surface area contributed by atoms with E-state index >= 15 is 0 Å². The van der Waals surface area contributed by atoms with E-state index in [1.807, 2.05) is 19.0 Å². The second-order valence-electron chi connectivity index (χ2n) is 5.54. The minimum Gasteiger partial charge on any atom is -0.351 e. The SMILES string of the molecule is CN(C)CCNC(=O)c1ccccc1NC(=O)c1ccccc1F.Cl. The normalized spacial score (nSPS) is 10.1. The van der Waals surface area contributed by atoms with Gasteiger partial charge in [-0.05, 0) is 38.4 Å². The molecule has 0 heterocycles. The predicted molar refractivity (Wildman–Crippen MR) is 98.9 cm³/mol. The highest BCUT2D eigenvalue weighted by atomic mass is 35.5. The van der Waals surface area contributed by atoms with E-state index in [-0.39, 0.29) is 23.9 Å². The Labute approximate surface area is 152 Å². The number of carbonyl (C=O) groups excluding carboxylic acids is 2. The lowest BCUT2D eigenvalue weighted by molar-refractivity contribution is 0.0952. The van der Waals surface area contributed by atoms with Crippen LogP contribution in [0.25, 0.3) is 0 Å². The predicted octanol–water partition coefficient (Wildman–Crippen LogP) is 2.79. The number of hydrogen-bond acceptors (Lipinski definition) is 3. The summed E-state index contributed by atoms with van der Waals surface area (Å²) < 4.78 is 13.7. The molecule has 2 N–H and O–H groups in total. The molecule has 5 nitrogen and oxygen atoms in total. The fraction of sp³-hybridized carbons (Fsp3) is 0.222. The molecule has 0 aliphatic heterocycles. The Bertz CT molecular complexity index is 738. The molecule has 2 aromatic rings. The summed E-state index contributed by atoms with van der Waals surface area (Å²) in [4.78, 5) is 26.5. The van der Waals surface area contributed by atoms with Crippen molar-refractivity contribution in [3.63, 3.8) is 0 Å². The summed E-state index contributed by atoms with van der Waals surface area (Å²) >= 11 is 0. The standard InChI is InChI=1S/C18H20FN3O2.ClH/c1-22(2)12-11-20-17(23)14-8-4-6-10-16(14)21-18(24)13-7-3-5-9-15(13)19;/h3-10H,11-12H2,1-2H3,(H,20,23)(H,21,24);1H. The van der Waals surface area contributed by atoms with Gasteiger partial charge in [0.1, 0.15) is 5.82 Å². The number of nitrogens with zero attached hydrogens (tertiary/aromatic N) is 1. The maximum atomic E-state index is 13.7. The van der Waals surface area contributed by atoms with Crippen LogP contribution >= 0.6 is 12.4 Å². The van der Waals surface area contributed by atoms with Gasteiger partial charge in [-0.25, -0.2) is 4.39 Å². The van der Waals surface area contributed by atoms with Gasteiger partial charge < -0.3 is 15.5 Å². The molecule has 0 aliphatic carbocycles. The molecular formula is C18H21ClFN3O2. The molecule has 0 saturated heterocycles. The van der Waals surface area contributed by atoms with Crippen LogP contribution in [-0.4, -0.2) is 43.9 Å². The Morgan fingerprint density at radius 3 is 2.20 bits per heavy atom. The Morgan fingerprint density at radius 1 is 0.960 bits per heavy atom. The van der Waals surface area contributed by atoms with Crippen LogP contribution in [0, 0.1) is 5.82 Å². The first-order chi connectivity index (χ1) is 11.5. The Kier molecular flexibility index (Phi) is 8.04. The van der Waals surface area contributed by atoms with E-state index in [0.717, 1.165) is 0 Å². The van der Waals surface area contributed by atoms with Crippen molar-refractivity contribution in [2.45, 2.75) is 0 Å². The topological polar surface area (TPSA) is 61.4 Å². The van der Waals surface area contributed by atoms with E-state index in [2.05, 4.69) is 10.6 Å². The summed E-state index contributed by atoms with van der Waals surface area (Å²) in [7, 11) is 3.82. The summed E-state index contributed by atoms with van der Waals surface area (Å²) in [5.74, 6) is -1.49. The molecule has 134 valence electrons. The molecule has 0 bridgehead atoms. The second-order valence-corrected chi connectivity index (χ2v) is 5.54. The summed E-state index contributed by atoms with van der Waals surface area (Å²) in [5.41, 5.74) is 0.606. The van der Waals surface area contributed by atoms with E-state index in [1.165, 1.54) is 18.2 Å². The summed E-state index contributed by atoms with van der Waals surface area (Å²) in [6.07, 6.45) is 0. The molecule has 0 unspecified atom stereocenters. The van der Waals surface area contributed by atoms with Gasteiger partial charge in [0, 0.05) is 13.1 Å². The first-order valence-corrected chi connectivity index (χ1v) is 7.57. The zero-order chi connectivity index (χ0) is 17.5. The van der Waals surface area contributed by atoms with Crippen molar-refractivity contribution in [3.05, 3.63) is 65.5 Å². The molecule has 0 atom stereocenters. The van der Waals surface area contributed by atoms with Crippen LogP contribution in [-0.2, 0) is 0 Å². The van der Waals surface area contributed by atoms with Gasteiger partial charge in [0.05, 0.1) is 16.8 Å². The Balaban J connectivity index is 0.00000312. The van der Waals surface area contributed by atoms with Gasteiger partial charge >= 0.3 is 0 Å². The smallest absolute Gasteiger partial charge is 0.258 e. The highest BCUT2D eigenvalue weighted by molar-refractivity contribution is 6.09. The highest BCUT2D eigenvalue weighted by Gasteiger charge is 2.15. The zero-order valence-electron chi connectivity index (χ0n) is 14.1. The molecule has 0 aromatic heterocycles. The van der Waals surface area contributed by atoms with Gasteiger partial charge in [-0.1, -0.05) is 24.3 Å². The molecule has 0 saturated carbocycles. The Hall–Kier alpha value is -2.44. The number of nitrogens with one attached hydrogen (secondary N) is 2. The number of anilines is 1. The summed E-state index contributed by atoms with van der Waals surface area (Å²) in [5, 5.41) is 5.39. The zero-order valence-corrected chi connectivity index (χ0v) is 14.9. The van der Waals surface area contributed by atoms with Gasteiger partial charge in [-0.3, -0.25) is 9.59 Å². The van der Waals surface area contributed by atoms with Gasteiger partial charge in [-0.15, -0.1) is 12.4 Å². The number of benzene rings is 2. The largest absolute Gasteiger partial charge is 0.351 e. The third-order valence-electron chi connectivity index (χ3n) is 3.38. The van der Waals surface area contributed by atoms with Crippen LogP contribution in [0.3, 0.4) is 0 Å². The van der Waals surface area contributed by atoms with Crippen LogP contribution in [0.5, 0.6) is 0 Å². The first kappa shape index (κ1) is 20.6. The fourth-order valence-electron chi connectivity index (χ4n) is 2.11. The minimum atomic E-state index is -0.608. The van der Waals surface area contributed by atoms with Crippen molar-refractivity contribution in [1.82, 2.24) is 10.2 Å². The van der Waals surface area contributed by atoms with Crippen LogP contribution < -0.4 is 10.6 Å². The lowest BCUT2D eigenvalue weighted by Crippen LogP contribution is -2.32.